The number of hydrogen-bond donors (Lipinski definition) is 0. The van der Waals surface area contributed by atoms with E-state index in [2.05, 4.69) is 13.8 Å². The summed E-state index contributed by atoms with van der Waals surface area (Å²) in [5.74, 6) is 0.594. The Morgan fingerprint density at radius 3 is 2.38 bits per heavy atom. The van der Waals surface area contributed by atoms with Gasteiger partial charge >= 0.3 is 0 Å². The summed E-state index contributed by atoms with van der Waals surface area (Å²) < 4.78 is 0. The molecule has 3 heteroatoms. The Hall–Kier alpha value is 0.390. The molecule has 0 aromatic rings. The number of rotatable bonds is 3. The van der Waals surface area contributed by atoms with E-state index in [4.69, 9.17) is 11.6 Å². The lowest BCUT2D eigenvalue weighted by atomic mass is 10.3. The van der Waals surface area contributed by atoms with Crippen LogP contribution >= 0.6 is 20.2 Å². The van der Waals surface area contributed by atoms with Gasteiger partial charge in [0.25, 0.3) is 0 Å². The van der Waals surface area contributed by atoms with E-state index in [1.165, 1.54) is 0 Å². The number of hydrogen-bond acceptors (Lipinski definition) is 1. The topological polar surface area (TPSA) is 17.1 Å². The molecule has 0 bridgehead atoms. The minimum absolute atomic E-state index is 0.196. The Labute approximate surface area is 56.6 Å². The summed E-state index contributed by atoms with van der Waals surface area (Å²) >= 11 is 5.10. The second kappa shape index (κ2) is 4.29. The molecule has 0 aromatic heterocycles. The fourth-order valence-corrected chi connectivity index (χ4v) is 1.08. The molecule has 0 rings (SSSR count). The van der Waals surface area contributed by atoms with Crippen LogP contribution in [0, 0.1) is 5.92 Å². The van der Waals surface area contributed by atoms with E-state index < -0.39 is 0 Å². The van der Waals surface area contributed by atoms with Gasteiger partial charge in [0, 0.05) is 0 Å². The van der Waals surface area contributed by atoms with Gasteiger partial charge in [0.1, 0.15) is 0 Å². The van der Waals surface area contributed by atoms with Gasteiger partial charge < -0.3 is 0 Å². The quantitative estimate of drug-likeness (QED) is 0.449. The van der Waals surface area contributed by atoms with Gasteiger partial charge in [0.2, 0.25) is 4.98 Å². The average molecular weight is 153 g/mol. The molecule has 0 saturated heterocycles. The first-order chi connectivity index (χ1) is 3.63. The monoisotopic (exact) mass is 152 g/mol. The smallest absolute Gasteiger partial charge is 0.239 e. The minimum atomic E-state index is -0.196. The van der Waals surface area contributed by atoms with Gasteiger partial charge in [0.15, 0.2) is 0 Å². The third kappa shape index (κ3) is 6.39. The molecule has 1 atom stereocenters. The van der Waals surface area contributed by atoms with Crippen LogP contribution < -0.4 is 0 Å². The largest absolute Gasteiger partial charge is 0.276 e. The number of carbonyl (C=O) groups excluding carboxylic acids is 1. The van der Waals surface area contributed by atoms with E-state index in [0.717, 1.165) is 6.16 Å². The lowest BCUT2D eigenvalue weighted by molar-refractivity contribution is 0.275. The minimum Gasteiger partial charge on any atom is -0.276 e. The lowest BCUT2D eigenvalue weighted by Gasteiger charge is -1.97. The maximum atomic E-state index is 10.1. The Bertz CT molecular complexity index is 82.5. The molecule has 0 saturated carbocycles. The molecule has 8 heavy (non-hydrogen) atoms. The van der Waals surface area contributed by atoms with Crippen molar-refractivity contribution in [3.05, 3.63) is 0 Å². The molecule has 0 aliphatic carbocycles. The molecule has 0 amide bonds. The highest BCUT2D eigenvalue weighted by atomic mass is 35.5. The van der Waals surface area contributed by atoms with Crippen LogP contribution in [0.2, 0.25) is 0 Å². The predicted molar refractivity (Wildman–Crippen MR) is 39.3 cm³/mol. The SMILES string of the molecule is CC(C)CPC(=O)Cl. The molecular formula is C5H10ClOP. The van der Waals surface area contributed by atoms with Crippen molar-refractivity contribution in [2.75, 3.05) is 6.16 Å². The summed E-state index contributed by atoms with van der Waals surface area (Å²) in [7, 11) is 0.296. The lowest BCUT2D eigenvalue weighted by Crippen LogP contribution is -1.88. The van der Waals surface area contributed by atoms with E-state index in [0.29, 0.717) is 14.5 Å². The van der Waals surface area contributed by atoms with Crippen LogP contribution in [0.5, 0.6) is 0 Å². The summed E-state index contributed by atoms with van der Waals surface area (Å²) in [5.41, 5.74) is 0. The predicted octanol–water partition coefficient (Wildman–Crippen LogP) is 2.68. The molecule has 0 heterocycles. The molecule has 1 unspecified atom stereocenters. The van der Waals surface area contributed by atoms with Crippen molar-refractivity contribution in [2.45, 2.75) is 13.8 Å². The normalized spacial score (nSPS) is 11.5. The molecule has 0 radical (unpaired) electrons. The molecule has 0 spiro atoms. The first-order valence-corrected chi connectivity index (χ1v) is 4.14. The first kappa shape index (κ1) is 8.39. The Balaban J connectivity index is 3.05. The van der Waals surface area contributed by atoms with Crippen molar-refractivity contribution in [3.8, 4) is 0 Å². The van der Waals surface area contributed by atoms with Crippen molar-refractivity contribution in [3.63, 3.8) is 0 Å². The van der Waals surface area contributed by atoms with Crippen LogP contribution in [0.1, 0.15) is 13.8 Å². The molecular weight excluding hydrogens is 142 g/mol. The first-order valence-electron chi connectivity index (χ1n) is 2.56. The second-order valence-corrected chi connectivity index (χ2v) is 3.92. The van der Waals surface area contributed by atoms with Gasteiger partial charge in [0.05, 0.1) is 0 Å². The Kier molecular flexibility index (Phi) is 4.50. The molecule has 0 N–H and O–H groups in total. The molecule has 48 valence electrons. The van der Waals surface area contributed by atoms with E-state index in [-0.39, 0.29) is 4.98 Å². The maximum absolute atomic E-state index is 10.1. The highest BCUT2D eigenvalue weighted by Gasteiger charge is 1.97. The molecule has 1 nitrogen and oxygen atoms in total. The highest BCUT2D eigenvalue weighted by molar-refractivity contribution is 7.64. The summed E-state index contributed by atoms with van der Waals surface area (Å²) in [6.07, 6.45) is 0.933. The van der Waals surface area contributed by atoms with Crippen molar-refractivity contribution in [1.29, 1.82) is 0 Å². The zero-order valence-electron chi connectivity index (χ0n) is 5.07. The van der Waals surface area contributed by atoms with Gasteiger partial charge in [-0.25, -0.2) is 0 Å². The summed E-state index contributed by atoms with van der Waals surface area (Å²) in [6.45, 7) is 4.15. The van der Waals surface area contributed by atoms with Crippen molar-refractivity contribution in [1.82, 2.24) is 0 Å². The molecule has 0 fully saturated rings. The van der Waals surface area contributed by atoms with Crippen LogP contribution in [0.25, 0.3) is 0 Å². The second-order valence-electron chi connectivity index (χ2n) is 2.05. The molecule has 0 aliphatic rings. The fourth-order valence-electron chi connectivity index (χ4n) is 0.284. The maximum Gasteiger partial charge on any atom is 0.239 e. The van der Waals surface area contributed by atoms with Crippen LogP contribution in [0.3, 0.4) is 0 Å². The number of halogens is 1. The van der Waals surface area contributed by atoms with Crippen molar-refractivity contribution >= 4 is 25.2 Å². The summed E-state index contributed by atoms with van der Waals surface area (Å²) in [4.78, 5) is 9.93. The molecule has 0 aromatic carbocycles. The highest BCUT2D eigenvalue weighted by Crippen LogP contribution is 2.18. The zero-order valence-corrected chi connectivity index (χ0v) is 6.83. The van der Waals surface area contributed by atoms with E-state index in [1.54, 1.807) is 0 Å². The summed E-state index contributed by atoms with van der Waals surface area (Å²) in [5, 5.41) is 0. The average Bonchev–Trinajstić information content (AvgIpc) is 1.61. The molecule has 0 aliphatic heterocycles. The third-order valence-electron chi connectivity index (χ3n) is 0.649. The Morgan fingerprint density at radius 2 is 2.25 bits per heavy atom. The van der Waals surface area contributed by atoms with E-state index in [9.17, 15) is 4.79 Å². The van der Waals surface area contributed by atoms with Crippen molar-refractivity contribution < 1.29 is 4.79 Å². The van der Waals surface area contributed by atoms with Crippen LogP contribution in [-0.2, 0) is 0 Å². The van der Waals surface area contributed by atoms with E-state index in [1.807, 2.05) is 0 Å². The van der Waals surface area contributed by atoms with Gasteiger partial charge in [-0.05, 0) is 32.3 Å². The zero-order chi connectivity index (χ0) is 6.57. The number of carbonyl (C=O) groups is 1. The third-order valence-corrected chi connectivity index (χ3v) is 2.35. The summed E-state index contributed by atoms with van der Waals surface area (Å²) in [6, 6.07) is 0. The van der Waals surface area contributed by atoms with Crippen LogP contribution in [0.4, 0.5) is 4.79 Å². The van der Waals surface area contributed by atoms with Gasteiger partial charge in [-0.2, -0.15) is 0 Å². The van der Waals surface area contributed by atoms with Gasteiger partial charge in [-0.1, -0.05) is 13.8 Å². The van der Waals surface area contributed by atoms with Crippen LogP contribution in [0.15, 0.2) is 0 Å². The Morgan fingerprint density at radius 1 is 1.75 bits per heavy atom. The van der Waals surface area contributed by atoms with Gasteiger partial charge in [-0.15, -0.1) is 0 Å². The fraction of sp³-hybridized carbons (Fsp3) is 0.800. The van der Waals surface area contributed by atoms with Crippen molar-refractivity contribution in [2.24, 2.45) is 5.92 Å². The van der Waals surface area contributed by atoms with E-state index >= 15 is 0 Å². The standard InChI is InChI=1S/C5H10ClOP/c1-4(2)3-8-5(6)7/h4,8H,3H2,1-2H3. The van der Waals surface area contributed by atoms with Crippen LogP contribution in [-0.4, -0.2) is 11.1 Å². The van der Waals surface area contributed by atoms with Gasteiger partial charge in [-0.3, -0.25) is 4.79 Å².